The molecule has 1 N–H and O–H groups in total. The second kappa shape index (κ2) is 6.65. The summed E-state index contributed by atoms with van der Waals surface area (Å²) >= 11 is 0. The zero-order valence-corrected chi connectivity index (χ0v) is 15.4. The Morgan fingerprint density at radius 2 is 1.96 bits per heavy atom. The molecule has 0 radical (unpaired) electrons. The molecule has 0 aliphatic heterocycles. The van der Waals surface area contributed by atoms with Crippen LogP contribution in [0.2, 0.25) is 0 Å². The fourth-order valence-corrected chi connectivity index (χ4v) is 3.39. The normalized spacial score (nSPS) is 15.8. The number of fused-ring (bicyclic) bond motifs is 1. The Kier molecular flexibility index (Phi) is 4.40. The standard InChI is InChI=1S/C19H19F3N4O2/c1-10(9-12-3-7-14(8-4-12)28-19(20,21)22)26-17-15(16(25-26)13-5-6-13)18(27)24-11(2)23-17/h3-4,7-8,10,13H,5-6,9H2,1-2H3,(H,23,24,27)/t10-/m0/s1. The number of ether oxygens (including phenoxy) is 1. The van der Waals surface area contributed by atoms with E-state index in [1.807, 2.05) is 6.92 Å². The molecule has 4 rings (SSSR count). The highest BCUT2D eigenvalue weighted by Gasteiger charge is 2.32. The number of aromatic amines is 1. The van der Waals surface area contributed by atoms with Crippen LogP contribution in [0.3, 0.4) is 0 Å². The highest BCUT2D eigenvalue weighted by Crippen LogP contribution is 2.41. The quantitative estimate of drug-likeness (QED) is 0.712. The highest BCUT2D eigenvalue weighted by atomic mass is 19.4. The molecule has 148 valence electrons. The minimum Gasteiger partial charge on any atom is -0.406 e. The summed E-state index contributed by atoms with van der Waals surface area (Å²) in [7, 11) is 0. The smallest absolute Gasteiger partial charge is 0.406 e. The van der Waals surface area contributed by atoms with E-state index in [1.54, 1.807) is 23.7 Å². The molecule has 1 saturated carbocycles. The van der Waals surface area contributed by atoms with E-state index in [9.17, 15) is 18.0 Å². The lowest BCUT2D eigenvalue weighted by Crippen LogP contribution is -2.17. The summed E-state index contributed by atoms with van der Waals surface area (Å²) in [5.41, 5.74) is 1.98. The molecule has 28 heavy (non-hydrogen) atoms. The summed E-state index contributed by atoms with van der Waals surface area (Å²) in [6, 6.07) is 5.64. The molecule has 0 bridgehead atoms. The monoisotopic (exact) mass is 392 g/mol. The van der Waals surface area contributed by atoms with Crippen LogP contribution in [0.15, 0.2) is 29.1 Å². The van der Waals surface area contributed by atoms with E-state index in [2.05, 4.69) is 19.8 Å². The molecule has 1 aliphatic rings. The molecule has 2 heterocycles. The van der Waals surface area contributed by atoms with Crippen molar-refractivity contribution in [3.05, 3.63) is 51.7 Å². The molecule has 1 atom stereocenters. The van der Waals surface area contributed by atoms with Gasteiger partial charge in [0.15, 0.2) is 5.65 Å². The second-order valence-electron chi connectivity index (χ2n) is 7.20. The van der Waals surface area contributed by atoms with Crippen LogP contribution < -0.4 is 10.3 Å². The van der Waals surface area contributed by atoms with Crippen molar-refractivity contribution in [2.75, 3.05) is 0 Å². The Labute approximate surface area is 158 Å². The van der Waals surface area contributed by atoms with Gasteiger partial charge in [0, 0.05) is 5.92 Å². The van der Waals surface area contributed by atoms with Crippen LogP contribution in [-0.2, 0) is 6.42 Å². The summed E-state index contributed by atoms with van der Waals surface area (Å²) in [5, 5.41) is 5.21. The average molecular weight is 392 g/mol. The minimum atomic E-state index is -4.71. The first-order chi connectivity index (χ1) is 13.2. The maximum atomic E-state index is 12.4. The zero-order chi connectivity index (χ0) is 20.1. The van der Waals surface area contributed by atoms with E-state index in [4.69, 9.17) is 0 Å². The van der Waals surface area contributed by atoms with Gasteiger partial charge >= 0.3 is 6.36 Å². The lowest BCUT2D eigenvalue weighted by Gasteiger charge is -2.14. The van der Waals surface area contributed by atoms with Crippen molar-refractivity contribution in [2.45, 2.75) is 51.4 Å². The summed E-state index contributed by atoms with van der Waals surface area (Å²) in [4.78, 5) is 19.7. The minimum absolute atomic E-state index is 0.127. The molecule has 6 nitrogen and oxygen atoms in total. The van der Waals surface area contributed by atoms with Crippen LogP contribution in [0.25, 0.3) is 11.0 Å². The number of rotatable bonds is 5. The summed E-state index contributed by atoms with van der Waals surface area (Å²) < 4.78 is 42.5. The number of aromatic nitrogens is 4. The van der Waals surface area contributed by atoms with Crippen molar-refractivity contribution < 1.29 is 17.9 Å². The van der Waals surface area contributed by atoms with Crippen molar-refractivity contribution in [3.63, 3.8) is 0 Å². The van der Waals surface area contributed by atoms with Gasteiger partial charge < -0.3 is 9.72 Å². The molecule has 0 spiro atoms. The van der Waals surface area contributed by atoms with Gasteiger partial charge in [-0.3, -0.25) is 4.79 Å². The third kappa shape index (κ3) is 3.74. The number of hydrogen-bond acceptors (Lipinski definition) is 4. The SMILES string of the molecule is Cc1nc2c(c(C3CC3)nn2[C@@H](C)Cc2ccc(OC(F)(F)F)cc2)c(=O)[nH]1. The van der Waals surface area contributed by atoms with E-state index in [1.165, 1.54) is 12.1 Å². The molecule has 0 unspecified atom stereocenters. The van der Waals surface area contributed by atoms with Gasteiger partial charge in [0.05, 0.1) is 11.7 Å². The number of nitrogens with one attached hydrogen (secondary N) is 1. The molecule has 1 aliphatic carbocycles. The van der Waals surface area contributed by atoms with Gasteiger partial charge in [0.2, 0.25) is 0 Å². The topological polar surface area (TPSA) is 72.8 Å². The van der Waals surface area contributed by atoms with Gasteiger partial charge in [-0.05, 0) is 50.8 Å². The van der Waals surface area contributed by atoms with Gasteiger partial charge in [0.25, 0.3) is 5.56 Å². The zero-order valence-electron chi connectivity index (χ0n) is 15.4. The Balaban J connectivity index is 1.62. The Hall–Kier alpha value is -2.84. The van der Waals surface area contributed by atoms with Gasteiger partial charge in [-0.1, -0.05) is 12.1 Å². The van der Waals surface area contributed by atoms with Gasteiger partial charge in [-0.15, -0.1) is 13.2 Å². The lowest BCUT2D eigenvalue weighted by atomic mass is 10.1. The first-order valence-corrected chi connectivity index (χ1v) is 9.05. The summed E-state index contributed by atoms with van der Waals surface area (Å²) in [6.07, 6.45) is -2.16. The number of alkyl halides is 3. The maximum Gasteiger partial charge on any atom is 0.573 e. The van der Waals surface area contributed by atoms with Crippen molar-refractivity contribution in [3.8, 4) is 5.75 Å². The van der Waals surface area contributed by atoms with E-state index < -0.39 is 6.36 Å². The molecular weight excluding hydrogens is 373 g/mol. The van der Waals surface area contributed by atoms with Crippen molar-refractivity contribution >= 4 is 11.0 Å². The highest BCUT2D eigenvalue weighted by molar-refractivity contribution is 5.78. The van der Waals surface area contributed by atoms with Crippen molar-refractivity contribution in [2.24, 2.45) is 0 Å². The largest absolute Gasteiger partial charge is 0.573 e. The first-order valence-electron chi connectivity index (χ1n) is 9.05. The summed E-state index contributed by atoms with van der Waals surface area (Å²) in [5.74, 6) is 0.551. The predicted octanol–water partition coefficient (Wildman–Crippen LogP) is 4.01. The van der Waals surface area contributed by atoms with Crippen LogP contribution in [0.4, 0.5) is 13.2 Å². The van der Waals surface area contributed by atoms with Crippen LogP contribution in [-0.4, -0.2) is 26.1 Å². The molecule has 2 aromatic heterocycles. The van der Waals surface area contributed by atoms with Gasteiger partial charge in [-0.25, -0.2) is 9.67 Å². The summed E-state index contributed by atoms with van der Waals surface area (Å²) in [6.45, 7) is 3.67. The molecule has 9 heteroatoms. The van der Waals surface area contributed by atoms with Gasteiger partial charge in [0.1, 0.15) is 17.0 Å². The Bertz CT molecular complexity index is 1070. The first kappa shape index (κ1) is 18.5. The predicted molar refractivity (Wildman–Crippen MR) is 96.4 cm³/mol. The van der Waals surface area contributed by atoms with Crippen molar-refractivity contribution in [1.82, 2.24) is 19.7 Å². The maximum absolute atomic E-state index is 12.4. The van der Waals surface area contributed by atoms with Crippen LogP contribution >= 0.6 is 0 Å². The molecular formula is C19H19F3N4O2. The number of benzene rings is 1. The molecule has 1 aromatic carbocycles. The number of halogens is 3. The third-order valence-corrected chi connectivity index (χ3v) is 4.78. The molecule has 0 amide bonds. The number of aryl methyl sites for hydroxylation is 1. The fourth-order valence-electron chi connectivity index (χ4n) is 3.39. The van der Waals surface area contributed by atoms with Gasteiger partial charge in [-0.2, -0.15) is 5.10 Å². The third-order valence-electron chi connectivity index (χ3n) is 4.78. The molecule has 1 fully saturated rings. The average Bonchev–Trinajstić information content (AvgIpc) is 3.36. The van der Waals surface area contributed by atoms with E-state index in [0.29, 0.717) is 29.2 Å². The van der Waals surface area contributed by atoms with E-state index >= 15 is 0 Å². The van der Waals surface area contributed by atoms with Crippen LogP contribution in [0.5, 0.6) is 5.75 Å². The van der Waals surface area contributed by atoms with Crippen molar-refractivity contribution in [1.29, 1.82) is 0 Å². The Morgan fingerprint density at radius 3 is 2.57 bits per heavy atom. The fraction of sp³-hybridized carbons (Fsp3) is 0.421. The van der Waals surface area contributed by atoms with E-state index in [-0.39, 0.29) is 17.4 Å². The lowest BCUT2D eigenvalue weighted by molar-refractivity contribution is -0.274. The number of nitrogens with zero attached hydrogens (tertiary/aromatic N) is 3. The number of hydrogen-bond donors (Lipinski definition) is 1. The number of H-pyrrole nitrogens is 1. The molecule has 3 aromatic rings. The van der Waals surface area contributed by atoms with E-state index in [0.717, 1.165) is 24.1 Å². The van der Waals surface area contributed by atoms with Crippen LogP contribution in [0.1, 0.15) is 48.8 Å². The second-order valence-corrected chi connectivity index (χ2v) is 7.20. The Morgan fingerprint density at radius 1 is 1.29 bits per heavy atom. The molecule has 0 saturated heterocycles. The van der Waals surface area contributed by atoms with Crippen LogP contribution in [0, 0.1) is 6.92 Å².